The van der Waals surface area contributed by atoms with Gasteiger partial charge in [-0.3, -0.25) is 9.59 Å². The average Bonchev–Trinajstić information content (AvgIpc) is 3.54. The van der Waals surface area contributed by atoms with Crippen molar-refractivity contribution in [2.24, 2.45) is 5.92 Å². The van der Waals surface area contributed by atoms with E-state index in [0.29, 0.717) is 24.8 Å². The van der Waals surface area contributed by atoms with Crippen LogP contribution in [0.15, 0.2) is 47.4 Å². The summed E-state index contributed by atoms with van der Waals surface area (Å²) < 4.78 is 38.6. The Morgan fingerprint density at radius 2 is 1.88 bits per heavy atom. The summed E-state index contributed by atoms with van der Waals surface area (Å²) in [7, 11) is -3.48. The van der Waals surface area contributed by atoms with Crippen LogP contribution >= 0.6 is 11.6 Å². The molecule has 0 spiro atoms. The molecule has 1 heterocycles. The molecule has 2 amide bonds. The summed E-state index contributed by atoms with van der Waals surface area (Å²) >= 11 is 5.90. The van der Waals surface area contributed by atoms with Gasteiger partial charge in [0.2, 0.25) is 5.91 Å². The van der Waals surface area contributed by atoms with E-state index in [0.717, 1.165) is 19.1 Å². The fourth-order valence-corrected chi connectivity index (χ4v) is 5.57. The zero-order valence-corrected chi connectivity index (χ0v) is 20.7. The highest BCUT2D eigenvalue weighted by Gasteiger charge is 2.43. The molecule has 2 aliphatic rings. The summed E-state index contributed by atoms with van der Waals surface area (Å²) in [5.74, 6) is -1.03. The third-order valence-corrected chi connectivity index (χ3v) is 8.05. The Balaban J connectivity index is 1.60. The molecule has 34 heavy (non-hydrogen) atoms. The molecule has 1 aliphatic carbocycles. The first kappa shape index (κ1) is 24.7. The average molecular weight is 507 g/mol. The van der Waals surface area contributed by atoms with Crippen LogP contribution in [0.1, 0.15) is 61.0 Å². The number of amides is 2. The predicted octanol–water partition coefficient (Wildman–Crippen LogP) is 4.53. The van der Waals surface area contributed by atoms with Crippen LogP contribution in [0.2, 0.25) is 5.02 Å². The fraction of sp³-hybridized carbons (Fsp3) is 0.440. The van der Waals surface area contributed by atoms with E-state index < -0.39 is 27.7 Å². The molecule has 2 fully saturated rings. The van der Waals surface area contributed by atoms with Crippen LogP contribution in [0.4, 0.5) is 4.39 Å². The highest BCUT2D eigenvalue weighted by atomic mass is 35.5. The summed E-state index contributed by atoms with van der Waals surface area (Å²) in [5.41, 5.74) is 0.618. The molecular formula is C25H28ClFN2O4S. The second kappa shape index (κ2) is 9.66. The minimum atomic E-state index is -3.48. The highest BCUT2D eigenvalue weighted by molar-refractivity contribution is 7.90. The van der Waals surface area contributed by atoms with E-state index in [-0.39, 0.29) is 39.3 Å². The molecule has 0 bridgehead atoms. The molecule has 0 aromatic heterocycles. The van der Waals surface area contributed by atoms with E-state index in [1.165, 1.54) is 24.3 Å². The SMILES string of the molecule is CC[C@@H]1CC[C@H](C(=O)NC(c2ccc(Cl)cc2F)C2CC2)N1C(=O)c1cccc(S(C)(=O)=O)c1. The molecule has 3 atom stereocenters. The molecule has 1 aliphatic heterocycles. The Morgan fingerprint density at radius 3 is 2.50 bits per heavy atom. The van der Waals surface area contributed by atoms with E-state index in [9.17, 15) is 22.4 Å². The smallest absolute Gasteiger partial charge is 0.254 e. The molecular weight excluding hydrogens is 479 g/mol. The Hall–Kier alpha value is -2.45. The lowest BCUT2D eigenvalue weighted by atomic mass is 10.0. The van der Waals surface area contributed by atoms with Crippen LogP contribution in [0.5, 0.6) is 0 Å². The van der Waals surface area contributed by atoms with E-state index in [2.05, 4.69) is 5.32 Å². The highest BCUT2D eigenvalue weighted by Crippen LogP contribution is 2.42. The number of hydrogen-bond donors (Lipinski definition) is 1. The molecule has 9 heteroatoms. The number of hydrogen-bond acceptors (Lipinski definition) is 4. The number of nitrogens with one attached hydrogen (secondary N) is 1. The molecule has 2 aromatic carbocycles. The molecule has 1 saturated carbocycles. The van der Waals surface area contributed by atoms with E-state index in [4.69, 9.17) is 11.6 Å². The van der Waals surface area contributed by atoms with Crippen molar-refractivity contribution in [3.63, 3.8) is 0 Å². The number of benzene rings is 2. The maximum absolute atomic E-state index is 14.6. The third kappa shape index (κ3) is 5.13. The number of rotatable bonds is 7. The summed E-state index contributed by atoms with van der Waals surface area (Å²) in [4.78, 5) is 28.5. The number of carbonyl (C=O) groups is 2. The van der Waals surface area contributed by atoms with Crippen molar-refractivity contribution >= 4 is 33.3 Å². The fourth-order valence-electron chi connectivity index (χ4n) is 4.74. The van der Waals surface area contributed by atoms with Crippen LogP contribution in [0.3, 0.4) is 0 Å². The molecule has 2 aromatic rings. The first-order chi connectivity index (χ1) is 16.1. The van der Waals surface area contributed by atoms with E-state index >= 15 is 0 Å². The van der Waals surface area contributed by atoms with E-state index in [1.807, 2.05) is 6.92 Å². The summed E-state index contributed by atoms with van der Waals surface area (Å²) in [6.45, 7) is 1.95. The zero-order valence-electron chi connectivity index (χ0n) is 19.1. The molecule has 4 rings (SSSR count). The Bertz CT molecular complexity index is 1220. The zero-order chi connectivity index (χ0) is 24.6. The number of carbonyl (C=O) groups excluding carboxylic acids is 2. The minimum Gasteiger partial charge on any atom is -0.347 e. The second-order valence-electron chi connectivity index (χ2n) is 9.16. The van der Waals surface area contributed by atoms with Crippen molar-refractivity contribution in [2.45, 2.75) is 62.0 Å². The van der Waals surface area contributed by atoms with Crippen molar-refractivity contribution in [1.82, 2.24) is 10.2 Å². The number of halogens is 2. The standard InChI is InChI=1S/C25H28ClFN2O4S/c1-3-18-10-12-22(29(18)25(31)16-5-4-6-19(13-16)34(2,32)33)24(30)28-23(15-7-8-15)20-11-9-17(26)14-21(20)27/h4-6,9,11,13-15,18,22-23H,3,7-8,10,12H2,1-2H3,(H,28,30)/t18-,22-,23?/m1/s1. The lowest BCUT2D eigenvalue weighted by molar-refractivity contribution is -0.126. The molecule has 1 unspecified atom stereocenters. The molecule has 0 radical (unpaired) electrons. The predicted molar refractivity (Wildman–Crippen MR) is 128 cm³/mol. The third-order valence-electron chi connectivity index (χ3n) is 6.71. The summed E-state index contributed by atoms with van der Waals surface area (Å²) in [6, 6.07) is 9.00. The van der Waals surface area contributed by atoms with Gasteiger partial charge in [0.25, 0.3) is 5.91 Å². The van der Waals surface area contributed by atoms with Crippen LogP contribution in [0.25, 0.3) is 0 Å². The first-order valence-electron chi connectivity index (χ1n) is 11.5. The van der Waals surface area contributed by atoms with Gasteiger partial charge in [-0.05, 0) is 68.4 Å². The first-order valence-corrected chi connectivity index (χ1v) is 13.7. The van der Waals surface area contributed by atoms with Crippen molar-refractivity contribution < 1.29 is 22.4 Å². The van der Waals surface area contributed by atoms with Crippen molar-refractivity contribution in [1.29, 1.82) is 0 Å². The van der Waals surface area contributed by atoms with Crippen LogP contribution in [-0.2, 0) is 14.6 Å². The topological polar surface area (TPSA) is 83.6 Å². The Kier molecular flexibility index (Phi) is 7.01. The van der Waals surface area contributed by atoms with E-state index in [1.54, 1.807) is 23.1 Å². The van der Waals surface area contributed by atoms with Crippen molar-refractivity contribution in [2.75, 3.05) is 6.26 Å². The van der Waals surface area contributed by atoms with Gasteiger partial charge in [0, 0.05) is 28.4 Å². The number of nitrogens with zero attached hydrogens (tertiary/aromatic N) is 1. The largest absolute Gasteiger partial charge is 0.347 e. The van der Waals surface area contributed by atoms with Gasteiger partial charge in [0.05, 0.1) is 10.9 Å². The van der Waals surface area contributed by atoms with Crippen LogP contribution < -0.4 is 5.32 Å². The van der Waals surface area contributed by atoms with Gasteiger partial charge in [-0.25, -0.2) is 12.8 Å². The monoisotopic (exact) mass is 506 g/mol. The van der Waals surface area contributed by atoms with Gasteiger partial charge >= 0.3 is 0 Å². The second-order valence-corrected chi connectivity index (χ2v) is 11.6. The Labute approximate surface area is 204 Å². The maximum atomic E-state index is 14.6. The minimum absolute atomic E-state index is 0.0543. The van der Waals surface area contributed by atoms with Gasteiger partial charge in [-0.2, -0.15) is 0 Å². The van der Waals surface area contributed by atoms with Gasteiger partial charge in [-0.15, -0.1) is 0 Å². The van der Waals surface area contributed by atoms with Gasteiger partial charge in [-0.1, -0.05) is 30.7 Å². The summed E-state index contributed by atoms with van der Waals surface area (Å²) in [6.07, 6.45) is 4.68. The van der Waals surface area contributed by atoms with Gasteiger partial charge in [0.15, 0.2) is 9.84 Å². The number of sulfone groups is 1. The van der Waals surface area contributed by atoms with Gasteiger partial charge in [0.1, 0.15) is 11.9 Å². The van der Waals surface area contributed by atoms with Gasteiger partial charge < -0.3 is 10.2 Å². The summed E-state index contributed by atoms with van der Waals surface area (Å²) in [5, 5.41) is 3.29. The van der Waals surface area contributed by atoms with Crippen LogP contribution in [-0.4, -0.2) is 43.5 Å². The maximum Gasteiger partial charge on any atom is 0.254 e. The normalized spacial score (nSPS) is 21.4. The quantitative estimate of drug-likeness (QED) is 0.598. The van der Waals surface area contributed by atoms with Crippen LogP contribution in [0, 0.1) is 11.7 Å². The van der Waals surface area contributed by atoms with Crippen molar-refractivity contribution in [3.8, 4) is 0 Å². The molecule has 6 nitrogen and oxygen atoms in total. The lowest BCUT2D eigenvalue weighted by Gasteiger charge is -2.31. The number of likely N-dealkylation sites (tertiary alicyclic amines) is 1. The molecule has 1 N–H and O–H groups in total. The molecule has 1 saturated heterocycles. The lowest BCUT2D eigenvalue weighted by Crippen LogP contribution is -2.49. The Morgan fingerprint density at radius 1 is 1.15 bits per heavy atom. The molecule has 182 valence electrons. The van der Waals surface area contributed by atoms with Crippen molar-refractivity contribution in [3.05, 3.63) is 64.4 Å².